The molecular weight excluding hydrogens is 172 g/mol. The van der Waals surface area contributed by atoms with E-state index < -0.39 is 0 Å². The number of hydrogen-bond acceptors (Lipinski definition) is 1. The van der Waals surface area contributed by atoms with E-state index in [1.165, 1.54) is 24.8 Å². The first-order chi connectivity index (χ1) is 6.61. The Balaban J connectivity index is 4.32. The molecule has 0 aromatic heterocycles. The van der Waals surface area contributed by atoms with Crippen molar-refractivity contribution in [3.63, 3.8) is 0 Å². The van der Waals surface area contributed by atoms with Crippen LogP contribution in [0.2, 0.25) is 0 Å². The Bertz CT molecular complexity index is 222. The fourth-order valence-electron chi connectivity index (χ4n) is 1.23. The molecule has 1 atom stereocenters. The maximum Gasteiger partial charge on any atom is 0.0957 e. The van der Waals surface area contributed by atoms with Gasteiger partial charge in [-0.15, -0.1) is 0 Å². The summed E-state index contributed by atoms with van der Waals surface area (Å²) in [6, 6.07) is 0. The predicted molar refractivity (Wildman–Crippen MR) is 64.3 cm³/mol. The zero-order valence-electron chi connectivity index (χ0n) is 9.59. The normalized spacial score (nSPS) is 15.4. The molecule has 0 saturated carbocycles. The standard InChI is InChI=1S/C12H22N2/c1-5-7-8-10(3)12(6-2)9-14-11(4)13/h6,9-10H,2,5,7-8H2,1,3-4H3,(H2,13,14)/b12-9+. The van der Waals surface area contributed by atoms with E-state index >= 15 is 0 Å². The van der Waals surface area contributed by atoms with Crippen LogP contribution < -0.4 is 5.73 Å². The van der Waals surface area contributed by atoms with Gasteiger partial charge in [0.15, 0.2) is 0 Å². The Labute approximate surface area is 87.6 Å². The topological polar surface area (TPSA) is 38.4 Å². The molecule has 0 aromatic rings. The molecule has 0 rings (SSSR count). The summed E-state index contributed by atoms with van der Waals surface area (Å²) in [7, 11) is 0. The first-order valence-electron chi connectivity index (χ1n) is 5.24. The number of rotatable bonds is 6. The average molecular weight is 194 g/mol. The van der Waals surface area contributed by atoms with Gasteiger partial charge in [-0.05, 0) is 24.8 Å². The minimum Gasteiger partial charge on any atom is -0.387 e. The van der Waals surface area contributed by atoms with Crippen LogP contribution in [0.15, 0.2) is 29.4 Å². The van der Waals surface area contributed by atoms with Crippen LogP contribution in [0.1, 0.15) is 40.0 Å². The Morgan fingerprint density at radius 1 is 1.57 bits per heavy atom. The third kappa shape index (κ3) is 5.57. The van der Waals surface area contributed by atoms with Gasteiger partial charge in [0.2, 0.25) is 0 Å². The first-order valence-corrected chi connectivity index (χ1v) is 5.24. The summed E-state index contributed by atoms with van der Waals surface area (Å²) in [5.74, 6) is 1.11. The van der Waals surface area contributed by atoms with Gasteiger partial charge in [0.25, 0.3) is 0 Å². The molecule has 0 aliphatic rings. The minimum atomic E-state index is 0.524. The maximum absolute atomic E-state index is 5.47. The first kappa shape index (κ1) is 12.9. The minimum absolute atomic E-state index is 0.524. The molecule has 80 valence electrons. The molecule has 0 saturated heterocycles. The summed E-state index contributed by atoms with van der Waals surface area (Å²) in [4.78, 5) is 4.09. The van der Waals surface area contributed by atoms with Gasteiger partial charge in [0.05, 0.1) is 5.84 Å². The quantitative estimate of drug-likeness (QED) is 0.393. The summed E-state index contributed by atoms with van der Waals surface area (Å²) in [6.07, 6.45) is 7.36. The van der Waals surface area contributed by atoms with Gasteiger partial charge in [0.1, 0.15) is 0 Å². The van der Waals surface area contributed by atoms with Crippen molar-refractivity contribution < 1.29 is 0 Å². The number of nitrogens with zero attached hydrogens (tertiary/aromatic N) is 1. The van der Waals surface area contributed by atoms with Crippen molar-refractivity contribution in [2.24, 2.45) is 16.6 Å². The molecule has 2 heteroatoms. The van der Waals surface area contributed by atoms with E-state index in [4.69, 9.17) is 5.73 Å². The lowest BCUT2D eigenvalue weighted by atomic mass is 9.96. The summed E-state index contributed by atoms with van der Waals surface area (Å²) >= 11 is 0. The molecule has 0 amide bonds. The van der Waals surface area contributed by atoms with Crippen LogP contribution in [0.25, 0.3) is 0 Å². The van der Waals surface area contributed by atoms with Crippen molar-refractivity contribution >= 4 is 5.84 Å². The highest BCUT2D eigenvalue weighted by atomic mass is 14.8. The van der Waals surface area contributed by atoms with Crippen molar-refractivity contribution in [1.29, 1.82) is 0 Å². The van der Waals surface area contributed by atoms with Crippen LogP contribution in [-0.4, -0.2) is 5.84 Å². The molecule has 0 aliphatic carbocycles. The molecule has 2 nitrogen and oxygen atoms in total. The van der Waals surface area contributed by atoms with Crippen molar-refractivity contribution in [3.8, 4) is 0 Å². The largest absolute Gasteiger partial charge is 0.387 e. The van der Waals surface area contributed by atoms with Gasteiger partial charge in [-0.25, -0.2) is 4.99 Å². The molecular formula is C12H22N2. The van der Waals surface area contributed by atoms with Gasteiger partial charge < -0.3 is 5.73 Å². The van der Waals surface area contributed by atoms with Gasteiger partial charge in [-0.2, -0.15) is 0 Å². The summed E-state index contributed by atoms with van der Waals surface area (Å²) < 4.78 is 0. The van der Waals surface area contributed by atoms with Gasteiger partial charge in [-0.3, -0.25) is 0 Å². The molecule has 0 bridgehead atoms. The van der Waals surface area contributed by atoms with Crippen LogP contribution in [0.5, 0.6) is 0 Å². The lowest BCUT2D eigenvalue weighted by Gasteiger charge is -2.10. The number of allylic oxidation sites excluding steroid dienone is 2. The smallest absolute Gasteiger partial charge is 0.0957 e. The van der Waals surface area contributed by atoms with E-state index in [1.807, 2.05) is 12.3 Å². The fourth-order valence-corrected chi connectivity index (χ4v) is 1.23. The lowest BCUT2D eigenvalue weighted by Crippen LogP contribution is -2.04. The molecule has 14 heavy (non-hydrogen) atoms. The zero-order chi connectivity index (χ0) is 11.0. The van der Waals surface area contributed by atoms with E-state index in [2.05, 4.69) is 25.4 Å². The highest BCUT2D eigenvalue weighted by molar-refractivity contribution is 5.78. The second kappa shape index (κ2) is 7.36. The second-order valence-electron chi connectivity index (χ2n) is 3.65. The molecule has 0 radical (unpaired) electrons. The summed E-state index contributed by atoms with van der Waals surface area (Å²) in [5.41, 5.74) is 6.64. The maximum atomic E-state index is 5.47. The number of nitrogens with two attached hydrogens (primary N) is 1. The van der Waals surface area contributed by atoms with Crippen molar-refractivity contribution in [1.82, 2.24) is 0 Å². The van der Waals surface area contributed by atoms with E-state index in [9.17, 15) is 0 Å². The molecule has 0 aliphatic heterocycles. The Kier molecular flexibility index (Phi) is 6.81. The molecule has 1 unspecified atom stereocenters. The van der Waals surface area contributed by atoms with Crippen LogP contribution in [0.4, 0.5) is 0 Å². The van der Waals surface area contributed by atoms with Crippen molar-refractivity contribution in [2.45, 2.75) is 40.0 Å². The van der Waals surface area contributed by atoms with E-state index in [-0.39, 0.29) is 0 Å². The average Bonchev–Trinajstić information content (AvgIpc) is 2.15. The highest BCUT2D eigenvalue weighted by Crippen LogP contribution is 2.18. The molecule has 2 N–H and O–H groups in total. The Hall–Kier alpha value is -1.05. The molecule has 0 aromatic carbocycles. The number of unbranched alkanes of at least 4 members (excludes halogenated alkanes) is 1. The fraction of sp³-hybridized carbons (Fsp3) is 0.583. The van der Waals surface area contributed by atoms with Gasteiger partial charge in [0, 0.05) is 6.20 Å². The predicted octanol–water partition coefficient (Wildman–Crippen LogP) is 3.26. The van der Waals surface area contributed by atoms with Crippen LogP contribution >= 0.6 is 0 Å². The monoisotopic (exact) mass is 194 g/mol. The molecule has 0 heterocycles. The van der Waals surface area contributed by atoms with Crippen molar-refractivity contribution in [2.75, 3.05) is 0 Å². The van der Waals surface area contributed by atoms with Crippen LogP contribution in [0, 0.1) is 5.92 Å². The summed E-state index contributed by atoms with van der Waals surface area (Å²) in [5, 5.41) is 0. The lowest BCUT2D eigenvalue weighted by molar-refractivity contribution is 0.580. The Morgan fingerprint density at radius 2 is 2.21 bits per heavy atom. The molecule has 0 spiro atoms. The third-order valence-electron chi connectivity index (χ3n) is 2.21. The van der Waals surface area contributed by atoms with Crippen LogP contribution in [0.3, 0.4) is 0 Å². The third-order valence-corrected chi connectivity index (χ3v) is 2.21. The van der Waals surface area contributed by atoms with E-state index in [0.717, 1.165) is 0 Å². The number of amidine groups is 1. The van der Waals surface area contributed by atoms with E-state index in [1.54, 1.807) is 6.92 Å². The van der Waals surface area contributed by atoms with Gasteiger partial charge >= 0.3 is 0 Å². The number of aliphatic imine (C=N–C) groups is 1. The second-order valence-corrected chi connectivity index (χ2v) is 3.65. The van der Waals surface area contributed by atoms with Crippen molar-refractivity contribution in [3.05, 3.63) is 24.4 Å². The van der Waals surface area contributed by atoms with E-state index in [0.29, 0.717) is 11.8 Å². The number of hydrogen-bond donors (Lipinski definition) is 1. The molecule has 0 fully saturated rings. The Morgan fingerprint density at radius 3 is 2.64 bits per heavy atom. The van der Waals surface area contributed by atoms with Crippen LogP contribution in [-0.2, 0) is 0 Å². The van der Waals surface area contributed by atoms with Gasteiger partial charge in [-0.1, -0.05) is 39.3 Å². The highest BCUT2D eigenvalue weighted by Gasteiger charge is 2.04. The zero-order valence-corrected chi connectivity index (χ0v) is 9.59. The SMILES string of the molecule is C=C/C(=C\N=C(C)N)C(C)CCCC. The summed E-state index contributed by atoms with van der Waals surface area (Å²) in [6.45, 7) is 9.97.